The molecule has 2 rings (SSSR count). The number of carbonyl (C=O) groups excluding carboxylic acids is 2. The van der Waals surface area contributed by atoms with E-state index in [2.05, 4.69) is 24.8 Å². The van der Waals surface area contributed by atoms with Crippen molar-refractivity contribution in [3.63, 3.8) is 0 Å². The number of hydrogen-bond donors (Lipinski definition) is 0. The summed E-state index contributed by atoms with van der Waals surface area (Å²) in [5.41, 5.74) is 1.02. The summed E-state index contributed by atoms with van der Waals surface area (Å²) in [6, 6.07) is 7.92. The molecule has 0 bridgehead atoms. The molecule has 0 saturated carbocycles. The molecule has 1 aliphatic heterocycles. The molecule has 1 fully saturated rings. The van der Waals surface area contributed by atoms with Crippen LogP contribution in [0.4, 0.5) is 0 Å². The van der Waals surface area contributed by atoms with E-state index in [-0.39, 0.29) is 5.91 Å². The van der Waals surface area contributed by atoms with E-state index in [0.29, 0.717) is 31.8 Å². The maximum atomic E-state index is 13.0. The summed E-state index contributed by atoms with van der Waals surface area (Å²) in [5.74, 6) is 1.37. The zero-order chi connectivity index (χ0) is 26.0. The fourth-order valence-corrected chi connectivity index (χ4v) is 4.63. The number of hydrogen-bond acceptors (Lipinski definition) is 4. The molecule has 1 heterocycles. The van der Waals surface area contributed by atoms with E-state index >= 15 is 0 Å². The van der Waals surface area contributed by atoms with Crippen molar-refractivity contribution in [1.29, 1.82) is 0 Å². The lowest BCUT2D eigenvalue weighted by Gasteiger charge is -2.36. The van der Waals surface area contributed by atoms with Crippen molar-refractivity contribution >= 4 is 17.9 Å². The first-order valence-electron chi connectivity index (χ1n) is 14.2. The number of benzene rings is 1. The molecule has 0 N–H and O–H groups in total. The molecule has 1 aliphatic rings. The molecule has 1 aromatic carbocycles. The number of ether oxygens (including phenoxy) is 1. The molecule has 0 atom stereocenters. The average Bonchev–Trinajstić information content (AvgIpc) is 2.91. The zero-order valence-electron chi connectivity index (χ0n) is 23.1. The van der Waals surface area contributed by atoms with Crippen LogP contribution in [-0.2, 0) is 9.59 Å². The summed E-state index contributed by atoms with van der Waals surface area (Å²) in [5, 5.41) is 0. The van der Waals surface area contributed by atoms with Crippen LogP contribution in [0.1, 0.15) is 83.6 Å². The van der Waals surface area contributed by atoms with E-state index in [9.17, 15) is 9.59 Å². The Morgan fingerprint density at radius 3 is 2.31 bits per heavy atom. The molecule has 202 valence electrons. The molecule has 2 amide bonds. The van der Waals surface area contributed by atoms with Crippen molar-refractivity contribution in [1.82, 2.24) is 14.7 Å². The van der Waals surface area contributed by atoms with E-state index in [1.54, 1.807) is 7.11 Å². The van der Waals surface area contributed by atoms with E-state index in [1.807, 2.05) is 40.1 Å². The largest absolute Gasteiger partial charge is 0.496 e. The third kappa shape index (κ3) is 11.2. The normalized spacial score (nSPS) is 14.4. The number of methoxy groups -OCH3 is 1. The summed E-state index contributed by atoms with van der Waals surface area (Å²) in [7, 11) is 1.68. The molecule has 36 heavy (non-hydrogen) atoms. The van der Waals surface area contributed by atoms with Crippen LogP contribution in [0.5, 0.6) is 5.75 Å². The SMILES string of the molecule is CCCCCCCC(=O)N1CCN(CCN(C/C=C/c2ccccc2OC)C(=O)CCCCC)CC1. The molecule has 6 heteroatoms. The highest BCUT2D eigenvalue weighted by molar-refractivity contribution is 5.77. The van der Waals surface area contributed by atoms with Crippen molar-refractivity contribution in [3.05, 3.63) is 35.9 Å². The Balaban J connectivity index is 1.82. The number of piperazine rings is 1. The van der Waals surface area contributed by atoms with Crippen molar-refractivity contribution in [2.45, 2.75) is 78.1 Å². The highest BCUT2D eigenvalue weighted by atomic mass is 16.5. The van der Waals surface area contributed by atoms with E-state index < -0.39 is 0 Å². The number of para-hydroxylation sites is 1. The number of unbranched alkanes of at least 4 members (excludes halogenated alkanes) is 6. The molecule has 0 unspecified atom stereocenters. The topological polar surface area (TPSA) is 53.1 Å². The van der Waals surface area contributed by atoms with E-state index in [4.69, 9.17) is 4.74 Å². The van der Waals surface area contributed by atoms with Gasteiger partial charge in [0.1, 0.15) is 5.75 Å². The van der Waals surface area contributed by atoms with E-state index in [1.165, 1.54) is 19.3 Å². The first-order chi connectivity index (χ1) is 17.6. The van der Waals surface area contributed by atoms with Gasteiger partial charge in [0.2, 0.25) is 11.8 Å². The Morgan fingerprint density at radius 2 is 1.58 bits per heavy atom. The number of nitrogens with zero attached hydrogens (tertiary/aromatic N) is 3. The Kier molecular flexibility index (Phi) is 14.9. The standard InChI is InChI=1S/C30H49N3O3/c1-4-6-8-9-11-19-30(35)33-25-22-31(23-26-33)21-24-32(29(34)18-10-7-5-2)20-14-16-27-15-12-13-17-28(27)36-3/h12-17H,4-11,18-26H2,1-3H3/b16-14+. The molecule has 6 nitrogen and oxygen atoms in total. The summed E-state index contributed by atoms with van der Waals surface area (Å²) in [6.07, 6.45) is 14.4. The first kappa shape index (κ1) is 29.9. The Bertz CT molecular complexity index is 787. The van der Waals surface area contributed by atoms with Gasteiger partial charge in [-0.2, -0.15) is 0 Å². The molecule has 1 aromatic rings. The first-order valence-corrected chi connectivity index (χ1v) is 14.2. The minimum Gasteiger partial charge on any atom is -0.496 e. The Morgan fingerprint density at radius 1 is 0.917 bits per heavy atom. The summed E-state index contributed by atoms with van der Waals surface area (Å²) in [6.45, 7) is 9.90. The maximum absolute atomic E-state index is 13.0. The van der Waals surface area contributed by atoms with Crippen LogP contribution < -0.4 is 4.74 Å². The lowest BCUT2D eigenvalue weighted by molar-refractivity contribution is -0.133. The van der Waals surface area contributed by atoms with Gasteiger partial charge in [0.15, 0.2) is 0 Å². The quantitative estimate of drug-likeness (QED) is 0.261. The Labute approximate surface area is 219 Å². The third-order valence-electron chi connectivity index (χ3n) is 7.01. The van der Waals surface area contributed by atoms with Crippen molar-refractivity contribution in [3.8, 4) is 5.75 Å². The van der Waals surface area contributed by atoms with Crippen LogP contribution in [-0.4, -0.2) is 79.4 Å². The smallest absolute Gasteiger partial charge is 0.222 e. The van der Waals surface area contributed by atoms with Gasteiger partial charge in [-0.3, -0.25) is 14.5 Å². The fraction of sp³-hybridized carbons (Fsp3) is 0.667. The zero-order valence-corrected chi connectivity index (χ0v) is 23.1. The number of amides is 2. The predicted molar refractivity (Wildman–Crippen MR) is 149 cm³/mol. The van der Waals surface area contributed by atoms with Gasteiger partial charge < -0.3 is 14.5 Å². The predicted octanol–water partition coefficient (Wildman–Crippen LogP) is 5.62. The van der Waals surface area contributed by atoms with Gasteiger partial charge in [-0.15, -0.1) is 0 Å². The fourth-order valence-electron chi connectivity index (χ4n) is 4.63. The van der Waals surface area contributed by atoms with Crippen LogP contribution in [0.15, 0.2) is 30.3 Å². The van der Waals surface area contributed by atoms with Crippen molar-refractivity contribution < 1.29 is 14.3 Å². The summed E-state index contributed by atoms with van der Waals surface area (Å²) >= 11 is 0. The second-order valence-electron chi connectivity index (χ2n) is 9.83. The molecule has 0 aromatic heterocycles. The lowest BCUT2D eigenvalue weighted by Crippen LogP contribution is -2.50. The summed E-state index contributed by atoms with van der Waals surface area (Å²) < 4.78 is 5.44. The van der Waals surface area contributed by atoms with Gasteiger partial charge in [-0.25, -0.2) is 0 Å². The second-order valence-corrected chi connectivity index (χ2v) is 9.83. The molecular weight excluding hydrogens is 450 g/mol. The molecular formula is C30H49N3O3. The van der Waals surface area contributed by atoms with Gasteiger partial charge in [-0.05, 0) is 18.9 Å². The second kappa shape index (κ2) is 18.0. The van der Waals surface area contributed by atoms with Crippen LogP contribution >= 0.6 is 0 Å². The van der Waals surface area contributed by atoms with Gasteiger partial charge in [0, 0.05) is 64.2 Å². The molecule has 0 radical (unpaired) electrons. The van der Waals surface area contributed by atoms with Gasteiger partial charge in [0.25, 0.3) is 0 Å². The third-order valence-corrected chi connectivity index (χ3v) is 7.01. The minimum atomic E-state index is 0.227. The van der Waals surface area contributed by atoms with Gasteiger partial charge in [-0.1, -0.05) is 82.7 Å². The van der Waals surface area contributed by atoms with Crippen molar-refractivity contribution in [2.24, 2.45) is 0 Å². The Hall–Kier alpha value is -2.34. The van der Waals surface area contributed by atoms with Crippen LogP contribution in [0, 0.1) is 0 Å². The van der Waals surface area contributed by atoms with Crippen LogP contribution in [0.2, 0.25) is 0 Å². The molecule has 0 spiro atoms. The van der Waals surface area contributed by atoms with Crippen molar-refractivity contribution in [2.75, 3.05) is 52.9 Å². The average molecular weight is 500 g/mol. The minimum absolute atomic E-state index is 0.227. The van der Waals surface area contributed by atoms with E-state index in [0.717, 1.165) is 76.1 Å². The highest BCUT2D eigenvalue weighted by Gasteiger charge is 2.21. The van der Waals surface area contributed by atoms with Crippen LogP contribution in [0.3, 0.4) is 0 Å². The monoisotopic (exact) mass is 499 g/mol. The number of rotatable bonds is 17. The molecule has 1 saturated heterocycles. The lowest BCUT2D eigenvalue weighted by atomic mass is 10.1. The van der Waals surface area contributed by atoms with Gasteiger partial charge in [0.05, 0.1) is 7.11 Å². The maximum Gasteiger partial charge on any atom is 0.222 e. The summed E-state index contributed by atoms with van der Waals surface area (Å²) in [4.78, 5) is 31.9. The van der Waals surface area contributed by atoms with Crippen LogP contribution in [0.25, 0.3) is 6.08 Å². The number of carbonyl (C=O) groups is 2. The highest BCUT2D eigenvalue weighted by Crippen LogP contribution is 2.18. The van der Waals surface area contributed by atoms with Gasteiger partial charge >= 0.3 is 0 Å². The molecule has 0 aliphatic carbocycles.